The first-order valence-electron chi connectivity index (χ1n) is 3.20. The molecule has 0 fully saturated rings. The normalized spacial score (nSPS) is 14.7. The van der Waals surface area contributed by atoms with Crippen LogP contribution in [0.5, 0.6) is 0 Å². The quantitative estimate of drug-likeness (QED) is 0.539. The SMILES string of the molecule is O=C1CNc2cncnc2N1. The van der Waals surface area contributed by atoms with E-state index in [1.807, 2.05) is 0 Å². The lowest BCUT2D eigenvalue weighted by Gasteiger charge is -2.15. The fourth-order valence-corrected chi connectivity index (χ4v) is 0.910. The molecule has 2 rings (SSSR count). The Bertz CT molecular complexity index is 298. The molecule has 1 aromatic rings. The summed E-state index contributed by atoms with van der Waals surface area (Å²) in [7, 11) is 0. The van der Waals surface area contributed by atoms with Gasteiger partial charge in [-0.25, -0.2) is 9.97 Å². The third kappa shape index (κ3) is 1.000. The summed E-state index contributed by atoms with van der Waals surface area (Å²) >= 11 is 0. The van der Waals surface area contributed by atoms with Gasteiger partial charge in [0.1, 0.15) is 6.33 Å². The fraction of sp³-hybridized carbons (Fsp3) is 0.167. The highest BCUT2D eigenvalue weighted by molar-refractivity contribution is 5.98. The second-order valence-corrected chi connectivity index (χ2v) is 2.19. The van der Waals surface area contributed by atoms with Crippen LogP contribution in [0.25, 0.3) is 0 Å². The summed E-state index contributed by atoms with van der Waals surface area (Å²) in [5.74, 6) is 0.479. The van der Waals surface area contributed by atoms with Crippen LogP contribution in [0, 0.1) is 0 Å². The van der Waals surface area contributed by atoms with E-state index in [1.165, 1.54) is 6.33 Å². The fourth-order valence-electron chi connectivity index (χ4n) is 0.910. The number of nitrogens with zero attached hydrogens (tertiary/aromatic N) is 2. The van der Waals surface area contributed by atoms with Crippen LogP contribution in [-0.4, -0.2) is 22.4 Å². The molecule has 0 saturated carbocycles. The highest BCUT2D eigenvalue weighted by Crippen LogP contribution is 2.18. The Morgan fingerprint density at radius 3 is 3.36 bits per heavy atom. The van der Waals surface area contributed by atoms with Crippen molar-refractivity contribution in [2.75, 3.05) is 17.2 Å². The predicted octanol–water partition coefficient (Wildman–Crippen LogP) is -0.159. The largest absolute Gasteiger partial charge is 0.372 e. The molecule has 0 spiro atoms. The zero-order valence-corrected chi connectivity index (χ0v) is 5.66. The van der Waals surface area contributed by atoms with Gasteiger partial charge in [0, 0.05) is 0 Å². The minimum Gasteiger partial charge on any atom is -0.372 e. The van der Waals surface area contributed by atoms with Crippen molar-refractivity contribution in [3.05, 3.63) is 12.5 Å². The van der Waals surface area contributed by atoms with Crippen LogP contribution in [0.4, 0.5) is 11.5 Å². The Kier molecular flexibility index (Phi) is 1.21. The first-order valence-corrected chi connectivity index (χ1v) is 3.20. The van der Waals surface area contributed by atoms with E-state index in [9.17, 15) is 4.79 Å². The minimum absolute atomic E-state index is 0.0730. The number of rotatable bonds is 0. The van der Waals surface area contributed by atoms with Crippen LogP contribution in [0.1, 0.15) is 0 Å². The van der Waals surface area contributed by atoms with Gasteiger partial charge in [-0.15, -0.1) is 0 Å². The minimum atomic E-state index is -0.0730. The Labute approximate surface area is 62.9 Å². The molecule has 5 heteroatoms. The van der Waals surface area contributed by atoms with Crippen molar-refractivity contribution in [2.45, 2.75) is 0 Å². The summed E-state index contributed by atoms with van der Waals surface area (Å²) in [5.41, 5.74) is 0.770. The third-order valence-corrected chi connectivity index (χ3v) is 1.41. The molecule has 0 aliphatic carbocycles. The van der Waals surface area contributed by atoms with Crippen LogP contribution in [-0.2, 0) is 4.79 Å². The molecule has 5 nitrogen and oxygen atoms in total. The highest BCUT2D eigenvalue weighted by atomic mass is 16.2. The number of hydrogen-bond donors (Lipinski definition) is 2. The average molecular weight is 150 g/mol. The lowest BCUT2D eigenvalue weighted by molar-refractivity contribution is -0.114. The van der Waals surface area contributed by atoms with Gasteiger partial charge in [0.2, 0.25) is 5.91 Å². The van der Waals surface area contributed by atoms with E-state index in [0.29, 0.717) is 12.4 Å². The van der Waals surface area contributed by atoms with Gasteiger partial charge in [0.25, 0.3) is 0 Å². The first-order chi connectivity index (χ1) is 5.36. The van der Waals surface area contributed by atoms with E-state index < -0.39 is 0 Å². The van der Waals surface area contributed by atoms with Crippen molar-refractivity contribution >= 4 is 17.4 Å². The topological polar surface area (TPSA) is 66.9 Å². The lowest BCUT2D eigenvalue weighted by Crippen LogP contribution is -2.28. The summed E-state index contributed by atoms with van der Waals surface area (Å²) in [5, 5.41) is 5.48. The maximum atomic E-state index is 10.8. The van der Waals surface area contributed by atoms with Crippen molar-refractivity contribution in [3.8, 4) is 0 Å². The Morgan fingerprint density at radius 1 is 1.55 bits per heavy atom. The first kappa shape index (κ1) is 6.09. The van der Waals surface area contributed by atoms with E-state index in [4.69, 9.17) is 0 Å². The molecule has 1 aliphatic rings. The van der Waals surface area contributed by atoms with Crippen LogP contribution in [0.3, 0.4) is 0 Å². The third-order valence-electron chi connectivity index (χ3n) is 1.41. The number of fused-ring (bicyclic) bond motifs is 1. The maximum Gasteiger partial charge on any atom is 0.244 e. The Balaban J connectivity index is 2.41. The second kappa shape index (κ2) is 2.19. The molecule has 0 radical (unpaired) electrons. The number of carbonyl (C=O) groups excluding carboxylic acids is 1. The molecule has 0 unspecified atom stereocenters. The smallest absolute Gasteiger partial charge is 0.244 e. The van der Waals surface area contributed by atoms with Gasteiger partial charge in [0.05, 0.1) is 18.4 Å². The van der Waals surface area contributed by atoms with E-state index in [2.05, 4.69) is 20.6 Å². The van der Waals surface area contributed by atoms with Gasteiger partial charge in [-0.2, -0.15) is 0 Å². The molecule has 1 aliphatic heterocycles. The number of nitrogens with one attached hydrogen (secondary N) is 2. The molecule has 11 heavy (non-hydrogen) atoms. The van der Waals surface area contributed by atoms with Crippen molar-refractivity contribution in [2.24, 2.45) is 0 Å². The van der Waals surface area contributed by atoms with Gasteiger partial charge in [0.15, 0.2) is 5.82 Å². The summed E-state index contributed by atoms with van der Waals surface area (Å²) in [6.45, 7) is 0.292. The number of amides is 1. The molecule has 2 N–H and O–H groups in total. The second-order valence-electron chi connectivity index (χ2n) is 2.19. The standard InChI is InChI=1S/C6H6N4O/c11-5-2-8-4-1-7-3-9-6(4)10-5/h1,3,8H,2H2,(H,7,9,10,11). The van der Waals surface area contributed by atoms with E-state index in [0.717, 1.165) is 5.69 Å². The van der Waals surface area contributed by atoms with Crippen molar-refractivity contribution in [3.63, 3.8) is 0 Å². The van der Waals surface area contributed by atoms with E-state index in [1.54, 1.807) is 6.20 Å². The van der Waals surface area contributed by atoms with Gasteiger partial charge < -0.3 is 10.6 Å². The highest BCUT2D eigenvalue weighted by Gasteiger charge is 2.13. The van der Waals surface area contributed by atoms with Crippen LogP contribution in [0.15, 0.2) is 12.5 Å². The van der Waals surface area contributed by atoms with Crippen LogP contribution in [0.2, 0.25) is 0 Å². The number of anilines is 2. The molecule has 0 bridgehead atoms. The number of carbonyl (C=O) groups is 1. The van der Waals surface area contributed by atoms with E-state index >= 15 is 0 Å². The van der Waals surface area contributed by atoms with Gasteiger partial charge in [-0.3, -0.25) is 4.79 Å². The Hall–Kier alpha value is -1.65. The maximum absolute atomic E-state index is 10.8. The lowest BCUT2D eigenvalue weighted by atomic mass is 10.3. The molecule has 1 aromatic heterocycles. The number of aromatic nitrogens is 2. The molecule has 1 amide bonds. The summed E-state index contributed by atoms with van der Waals surface area (Å²) < 4.78 is 0. The van der Waals surface area contributed by atoms with Crippen molar-refractivity contribution < 1.29 is 4.79 Å². The molecular formula is C6H6N4O. The van der Waals surface area contributed by atoms with Crippen molar-refractivity contribution in [1.29, 1.82) is 0 Å². The number of hydrogen-bond acceptors (Lipinski definition) is 4. The Morgan fingerprint density at radius 2 is 2.45 bits per heavy atom. The molecule has 2 heterocycles. The summed E-state index contributed by atoms with van der Waals surface area (Å²) in [6, 6.07) is 0. The molecule has 56 valence electrons. The van der Waals surface area contributed by atoms with Gasteiger partial charge in [-0.05, 0) is 0 Å². The molecule has 0 aromatic carbocycles. The average Bonchev–Trinajstić information content (AvgIpc) is 2.04. The van der Waals surface area contributed by atoms with Crippen LogP contribution >= 0.6 is 0 Å². The van der Waals surface area contributed by atoms with Gasteiger partial charge >= 0.3 is 0 Å². The molecule has 0 saturated heterocycles. The van der Waals surface area contributed by atoms with Crippen LogP contribution < -0.4 is 10.6 Å². The molecule has 0 atom stereocenters. The zero-order chi connectivity index (χ0) is 7.68. The zero-order valence-electron chi connectivity index (χ0n) is 5.66. The predicted molar refractivity (Wildman–Crippen MR) is 39.2 cm³/mol. The monoisotopic (exact) mass is 150 g/mol. The van der Waals surface area contributed by atoms with Gasteiger partial charge in [-0.1, -0.05) is 0 Å². The summed E-state index contributed by atoms with van der Waals surface area (Å²) in [6.07, 6.45) is 3.02. The van der Waals surface area contributed by atoms with E-state index in [-0.39, 0.29) is 5.91 Å². The molecular weight excluding hydrogens is 144 g/mol. The van der Waals surface area contributed by atoms with Crippen molar-refractivity contribution in [1.82, 2.24) is 9.97 Å². The summed E-state index contributed by atoms with van der Waals surface area (Å²) in [4.78, 5) is 18.5.